The van der Waals surface area contributed by atoms with Gasteiger partial charge in [-0.3, -0.25) is 0 Å². The first-order valence-corrected chi connectivity index (χ1v) is 3.63. The zero-order valence-corrected chi connectivity index (χ0v) is 6.78. The van der Waals surface area contributed by atoms with Gasteiger partial charge in [0.2, 0.25) is 0 Å². The highest BCUT2D eigenvalue weighted by Crippen LogP contribution is 2.22. The molecule has 0 aliphatic heterocycles. The second-order valence-corrected chi connectivity index (χ2v) is 2.67. The smallest absolute Gasteiger partial charge is 0.121 e. The maximum atomic E-state index is 9.36. The quantitative estimate of drug-likeness (QED) is 0.653. The molecule has 12 heavy (non-hydrogen) atoms. The zero-order valence-electron chi connectivity index (χ0n) is 6.78. The van der Waals surface area contributed by atoms with E-state index in [9.17, 15) is 5.11 Å². The fraction of sp³-hybridized carbons (Fsp3) is 0.222. The molecule has 1 aromatic carbocycles. The number of benzene rings is 1. The van der Waals surface area contributed by atoms with Crippen LogP contribution < -0.4 is 5.73 Å². The molecule has 0 aromatic heterocycles. The van der Waals surface area contributed by atoms with Crippen LogP contribution in [0.2, 0.25) is 0 Å². The first kappa shape index (κ1) is 8.57. The summed E-state index contributed by atoms with van der Waals surface area (Å²) in [4.78, 5) is 0. The lowest BCUT2D eigenvalue weighted by Crippen LogP contribution is -2.04. The van der Waals surface area contributed by atoms with Gasteiger partial charge in [-0.15, -0.1) is 0 Å². The van der Waals surface area contributed by atoms with Crippen molar-refractivity contribution in [3.05, 3.63) is 29.3 Å². The number of rotatable bonds is 1. The molecule has 1 aromatic rings. The fourth-order valence-corrected chi connectivity index (χ4v) is 0.998. The topological polar surface area (TPSA) is 70.0 Å². The van der Waals surface area contributed by atoms with Gasteiger partial charge in [0.15, 0.2) is 0 Å². The Labute approximate surface area is 71.1 Å². The first-order valence-electron chi connectivity index (χ1n) is 3.63. The highest BCUT2D eigenvalue weighted by molar-refractivity contribution is 5.42. The lowest BCUT2D eigenvalue weighted by Gasteiger charge is -2.07. The Morgan fingerprint density at radius 1 is 1.58 bits per heavy atom. The summed E-state index contributed by atoms with van der Waals surface area (Å²) in [6.45, 7) is 1.78. The van der Waals surface area contributed by atoms with E-state index in [0.29, 0.717) is 11.1 Å². The minimum absolute atomic E-state index is 0.0871. The Bertz CT molecular complexity index is 326. The van der Waals surface area contributed by atoms with E-state index in [1.807, 2.05) is 6.07 Å². The highest BCUT2D eigenvalue weighted by atomic mass is 16.3. The predicted octanol–water partition coefficient (Wildman–Crippen LogP) is 1.28. The van der Waals surface area contributed by atoms with Gasteiger partial charge in [-0.05, 0) is 19.1 Å². The third-order valence-corrected chi connectivity index (χ3v) is 1.65. The lowest BCUT2D eigenvalue weighted by atomic mass is 10.1. The van der Waals surface area contributed by atoms with E-state index in [1.54, 1.807) is 19.1 Å². The third-order valence-electron chi connectivity index (χ3n) is 1.65. The van der Waals surface area contributed by atoms with E-state index >= 15 is 0 Å². The van der Waals surface area contributed by atoms with Crippen LogP contribution in [-0.2, 0) is 0 Å². The molecule has 0 aliphatic carbocycles. The van der Waals surface area contributed by atoms with Crippen molar-refractivity contribution in [2.75, 3.05) is 0 Å². The van der Waals surface area contributed by atoms with E-state index in [4.69, 9.17) is 11.0 Å². The van der Waals surface area contributed by atoms with Gasteiger partial charge in [0, 0.05) is 11.6 Å². The molecule has 1 atom stereocenters. The van der Waals surface area contributed by atoms with Crippen LogP contribution in [0.15, 0.2) is 18.2 Å². The summed E-state index contributed by atoms with van der Waals surface area (Å²) in [5.41, 5.74) is 6.67. The molecule has 0 saturated heterocycles. The van der Waals surface area contributed by atoms with Crippen LogP contribution in [0.3, 0.4) is 0 Å². The summed E-state index contributed by atoms with van der Waals surface area (Å²) >= 11 is 0. The Balaban J connectivity index is 3.14. The number of phenols is 1. The van der Waals surface area contributed by atoms with Crippen LogP contribution in [0.5, 0.6) is 5.75 Å². The molecule has 0 fully saturated rings. The van der Waals surface area contributed by atoms with Crippen molar-refractivity contribution >= 4 is 0 Å². The first-order chi connectivity index (χ1) is 5.65. The summed E-state index contributed by atoms with van der Waals surface area (Å²) < 4.78 is 0. The van der Waals surface area contributed by atoms with Crippen LogP contribution in [0, 0.1) is 11.3 Å². The van der Waals surface area contributed by atoms with E-state index in [1.165, 1.54) is 6.07 Å². The molecule has 3 heteroatoms. The van der Waals surface area contributed by atoms with E-state index in [0.717, 1.165) is 0 Å². The number of nitrogens with two attached hydrogens (primary N) is 1. The summed E-state index contributed by atoms with van der Waals surface area (Å²) in [5.74, 6) is 0.0871. The number of aromatic hydroxyl groups is 1. The molecule has 0 saturated carbocycles. The van der Waals surface area contributed by atoms with E-state index < -0.39 is 0 Å². The van der Waals surface area contributed by atoms with Crippen molar-refractivity contribution in [1.82, 2.24) is 0 Å². The molecule has 3 nitrogen and oxygen atoms in total. The number of nitriles is 1. The molecule has 0 spiro atoms. The average molecular weight is 162 g/mol. The molecule has 62 valence electrons. The van der Waals surface area contributed by atoms with Gasteiger partial charge < -0.3 is 10.8 Å². The predicted molar refractivity (Wildman–Crippen MR) is 45.4 cm³/mol. The standard InChI is InChI=1S/C9H10N2O/c1-6(11)8-3-2-7(5-10)4-9(8)12/h2-4,6,12H,11H2,1H3/t6-/m1/s1. The number of nitrogens with zero attached hydrogens (tertiary/aromatic N) is 1. The van der Waals surface area contributed by atoms with Gasteiger partial charge >= 0.3 is 0 Å². The monoisotopic (exact) mass is 162 g/mol. The number of hydrogen-bond acceptors (Lipinski definition) is 3. The van der Waals surface area contributed by atoms with Crippen molar-refractivity contribution in [1.29, 1.82) is 5.26 Å². The molecule has 0 radical (unpaired) electrons. The summed E-state index contributed by atoms with van der Waals surface area (Å²) in [6, 6.07) is 6.44. The van der Waals surface area contributed by atoms with Crippen LogP contribution in [0.25, 0.3) is 0 Å². The summed E-state index contributed by atoms with van der Waals surface area (Å²) in [5, 5.41) is 17.9. The van der Waals surface area contributed by atoms with Crippen LogP contribution >= 0.6 is 0 Å². The molecular formula is C9H10N2O. The van der Waals surface area contributed by atoms with Crippen molar-refractivity contribution < 1.29 is 5.11 Å². The Morgan fingerprint density at radius 2 is 2.25 bits per heavy atom. The summed E-state index contributed by atoms with van der Waals surface area (Å²) in [7, 11) is 0. The fourth-order valence-electron chi connectivity index (χ4n) is 0.998. The third kappa shape index (κ3) is 1.55. The van der Waals surface area contributed by atoms with Crippen molar-refractivity contribution in [3.63, 3.8) is 0 Å². The van der Waals surface area contributed by atoms with E-state index in [-0.39, 0.29) is 11.8 Å². The van der Waals surface area contributed by atoms with Gasteiger partial charge in [0.1, 0.15) is 5.75 Å². The van der Waals surface area contributed by atoms with Gasteiger partial charge in [-0.2, -0.15) is 5.26 Å². The van der Waals surface area contributed by atoms with Gasteiger partial charge in [-0.1, -0.05) is 6.07 Å². The largest absolute Gasteiger partial charge is 0.508 e. The molecule has 3 N–H and O–H groups in total. The zero-order chi connectivity index (χ0) is 9.14. The maximum absolute atomic E-state index is 9.36. The number of phenolic OH excluding ortho intramolecular Hbond substituents is 1. The van der Waals surface area contributed by atoms with Gasteiger partial charge in [0.25, 0.3) is 0 Å². The second kappa shape index (κ2) is 3.24. The van der Waals surface area contributed by atoms with Crippen LogP contribution in [-0.4, -0.2) is 5.11 Å². The SMILES string of the molecule is C[C@@H](N)c1ccc(C#N)cc1O. The Kier molecular flexibility index (Phi) is 2.32. The maximum Gasteiger partial charge on any atom is 0.121 e. The normalized spacial score (nSPS) is 12.1. The molecule has 0 aliphatic rings. The summed E-state index contributed by atoms with van der Waals surface area (Å²) in [6.07, 6.45) is 0. The van der Waals surface area contributed by atoms with E-state index in [2.05, 4.69) is 0 Å². The highest BCUT2D eigenvalue weighted by Gasteiger charge is 2.05. The minimum Gasteiger partial charge on any atom is -0.508 e. The molecule has 0 heterocycles. The van der Waals surface area contributed by atoms with Crippen molar-refractivity contribution in [2.24, 2.45) is 5.73 Å². The number of hydrogen-bond donors (Lipinski definition) is 2. The lowest BCUT2D eigenvalue weighted by molar-refractivity contribution is 0.463. The van der Waals surface area contributed by atoms with Crippen molar-refractivity contribution in [3.8, 4) is 11.8 Å². The van der Waals surface area contributed by atoms with Gasteiger partial charge in [-0.25, -0.2) is 0 Å². The molecule has 1 rings (SSSR count). The molecule has 0 bridgehead atoms. The van der Waals surface area contributed by atoms with Crippen LogP contribution in [0.1, 0.15) is 24.1 Å². The Morgan fingerprint density at radius 3 is 2.67 bits per heavy atom. The Hall–Kier alpha value is -1.53. The molecule has 0 unspecified atom stereocenters. The average Bonchev–Trinajstić information content (AvgIpc) is 2.03. The van der Waals surface area contributed by atoms with Gasteiger partial charge in [0.05, 0.1) is 11.6 Å². The molecular weight excluding hydrogens is 152 g/mol. The molecule has 0 amide bonds. The van der Waals surface area contributed by atoms with Crippen molar-refractivity contribution in [2.45, 2.75) is 13.0 Å². The van der Waals surface area contributed by atoms with Crippen LogP contribution in [0.4, 0.5) is 0 Å². The minimum atomic E-state index is -0.210. The second-order valence-electron chi connectivity index (χ2n) is 2.67.